The van der Waals surface area contributed by atoms with E-state index in [0.29, 0.717) is 4.32 Å². The molecule has 0 radical (unpaired) electrons. The van der Waals surface area contributed by atoms with Crippen LogP contribution >= 0.6 is 30.8 Å². The summed E-state index contributed by atoms with van der Waals surface area (Å²) in [6.45, 7) is 4.53. The van der Waals surface area contributed by atoms with Crippen molar-refractivity contribution in [1.82, 2.24) is 0 Å². The van der Waals surface area contributed by atoms with Crippen LogP contribution in [0.15, 0.2) is 101 Å². The van der Waals surface area contributed by atoms with Gasteiger partial charge in [-0.3, -0.25) is 0 Å². The first-order valence-corrected chi connectivity index (χ1v) is 12.4. The van der Waals surface area contributed by atoms with Crippen molar-refractivity contribution in [2.24, 2.45) is 0 Å². The normalized spacial score (nSPS) is 15.5. The maximum atomic E-state index is 2.33. The van der Waals surface area contributed by atoms with Crippen molar-refractivity contribution in [2.75, 3.05) is 0 Å². The van der Waals surface area contributed by atoms with Crippen molar-refractivity contribution in [3.8, 4) is 0 Å². The summed E-state index contributed by atoms with van der Waals surface area (Å²) >= 11 is 4.11. The number of thioether (sulfide) groups is 2. The van der Waals surface area contributed by atoms with Crippen molar-refractivity contribution >= 4 is 46.7 Å². The summed E-state index contributed by atoms with van der Waals surface area (Å²) in [7, 11) is -1.79. The Morgan fingerprint density at radius 3 is 1.15 bits per heavy atom. The van der Waals surface area contributed by atoms with Crippen molar-refractivity contribution in [2.45, 2.75) is 18.2 Å². The lowest BCUT2D eigenvalue weighted by Gasteiger charge is -2.31. The molecule has 0 saturated carbocycles. The zero-order chi connectivity index (χ0) is 18.0. The highest BCUT2D eigenvalue weighted by Crippen LogP contribution is 2.71. The highest BCUT2D eigenvalue weighted by molar-refractivity contribution is 8.34. The van der Waals surface area contributed by atoms with Gasteiger partial charge in [-0.1, -0.05) is 78.1 Å². The first-order chi connectivity index (χ1) is 12.7. The standard InChI is InChI=1S/C23H22PS2/c1-18-19(2)26-23(25-18)24(20-12-6-3-7-13-20,21-14-8-4-9-15-21)22-16-10-5-11-17-22/h3-17,23H,1-2H3/q+1. The molecule has 1 heterocycles. The van der Waals surface area contributed by atoms with Gasteiger partial charge in [-0.05, 0) is 60.1 Å². The Kier molecular flexibility index (Phi) is 5.27. The molecule has 0 aromatic heterocycles. The Hall–Kier alpha value is -1.47. The summed E-state index contributed by atoms with van der Waals surface area (Å²) in [5.74, 6) is 0. The van der Waals surface area contributed by atoms with Crippen LogP contribution in [0.25, 0.3) is 0 Å². The number of benzene rings is 3. The molecule has 3 heteroatoms. The van der Waals surface area contributed by atoms with Crippen LogP contribution in [0.3, 0.4) is 0 Å². The molecular formula is C23H22PS2+. The van der Waals surface area contributed by atoms with Crippen LogP contribution in [-0.2, 0) is 0 Å². The summed E-state index contributed by atoms with van der Waals surface area (Å²) < 4.78 is 0.481. The third-order valence-corrected chi connectivity index (χ3v) is 13.8. The summed E-state index contributed by atoms with van der Waals surface area (Å²) in [5.41, 5.74) is 0. The van der Waals surface area contributed by atoms with Gasteiger partial charge in [0, 0.05) is 0 Å². The van der Waals surface area contributed by atoms with E-state index in [4.69, 9.17) is 0 Å². The fourth-order valence-corrected chi connectivity index (χ4v) is 13.7. The lowest BCUT2D eigenvalue weighted by Crippen LogP contribution is -2.35. The second-order valence-electron chi connectivity index (χ2n) is 6.38. The van der Waals surface area contributed by atoms with Crippen LogP contribution < -0.4 is 15.9 Å². The second-order valence-corrected chi connectivity index (χ2v) is 13.5. The van der Waals surface area contributed by atoms with Gasteiger partial charge in [-0.25, -0.2) is 0 Å². The van der Waals surface area contributed by atoms with E-state index in [1.807, 2.05) is 0 Å². The van der Waals surface area contributed by atoms with Crippen LogP contribution in [0.2, 0.25) is 0 Å². The molecule has 0 saturated heterocycles. The van der Waals surface area contributed by atoms with Gasteiger partial charge >= 0.3 is 0 Å². The number of hydrogen-bond acceptors (Lipinski definition) is 2. The summed E-state index contributed by atoms with van der Waals surface area (Å²) in [4.78, 5) is 2.93. The predicted octanol–water partition coefficient (Wildman–Crippen LogP) is 6.00. The fraction of sp³-hybridized carbons (Fsp3) is 0.130. The molecule has 0 spiro atoms. The van der Waals surface area contributed by atoms with Crippen LogP contribution in [0.1, 0.15) is 13.8 Å². The molecule has 1 aliphatic rings. The minimum atomic E-state index is -1.79. The largest absolute Gasteiger partial charge is 0.182 e. The fourth-order valence-electron chi connectivity index (χ4n) is 3.45. The number of hydrogen-bond donors (Lipinski definition) is 0. The second kappa shape index (κ2) is 7.64. The van der Waals surface area contributed by atoms with E-state index in [1.165, 1.54) is 25.7 Å². The molecular weight excluding hydrogens is 371 g/mol. The molecule has 0 nitrogen and oxygen atoms in total. The molecule has 0 amide bonds. The molecule has 0 N–H and O–H groups in total. The van der Waals surface area contributed by atoms with Crippen LogP contribution in [0.4, 0.5) is 0 Å². The van der Waals surface area contributed by atoms with Crippen molar-refractivity contribution in [3.63, 3.8) is 0 Å². The molecule has 26 heavy (non-hydrogen) atoms. The van der Waals surface area contributed by atoms with Crippen LogP contribution in [0, 0.1) is 0 Å². The maximum absolute atomic E-state index is 2.33. The third kappa shape index (κ3) is 3.05. The molecule has 1 aliphatic heterocycles. The Labute approximate surface area is 165 Å². The van der Waals surface area contributed by atoms with E-state index in [9.17, 15) is 0 Å². The van der Waals surface area contributed by atoms with Crippen molar-refractivity contribution in [1.29, 1.82) is 0 Å². The summed E-state index contributed by atoms with van der Waals surface area (Å²) in [5, 5.41) is 4.39. The highest BCUT2D eigenvalue weighted by Gasteiger charge is 2.55. The quantitative estimate of drug-likeness (QED) is 0.499. The monoisotopic (exact) mass is 393 g/mol. The summed E-state index contributed by atoms with van der Waals surface area (Å²) in [6.07, 6.45) is 0. The Bertz CT molecular complexity index is 794. The molecule has 130 valence electrons. The minimum absolute atomic E-state index is 0.481. The lowest BCUT2D eigenvalue weighted by molar-refractivity contribution is 1.57. The topological polar surface area (TPSA) is 0 Å². The molecule has 0 fully saturated rings. The van der Waals surface area contributed by atoms with Crippen LogP contribution in [0.5, 0.6) is 0 Å². The van der Waals surface area contributed by atoms with Gasteiger partial charge in [-0.15, -0.1) is 0 Å². The van der Waals surface area contributed by atoms with E-state index < -0.39 is 7.26 Å². The molecule has 0 unspecified atom stereocenters. The maximum Gasteiger partial charge on any atom is 0.182 e. The lowest BCUT2D eigenvalue weighted by atomic mass is 10.4. The SMILES string of the molecule is CC1=C(C)SC([P+](c2ccccc2)(c2ccccc2)c2ccccc2)S1. The van der Waals surface area contributed by atoms with Gasteiger partial charge in [0.25, 0.3) is 0 Å². The van der Waals surface area contributed by atoms with Gasteiger partial charge in [0.15, 0.2) is 4.32 Å². The first kappa shape index (κ1) is 17.9. The Morgan fingerprint density at radius 2 is 0.846 bits per heavy atom. The van der Waals surface area contributed by atoms with Gasteiger partial charge in [-0.2, -0.15) is 0 Å². The average molecular weight is 394 g/mol. The molecule has 0 bridgehead atoms. The van der Waals surface area contributed by atoms with Gasteiger partial charge in [0.2, 0.25) is 0 Å². The minimum Gasteiger partial charge on any atom is -0.0734 e. The van der Waals surface area contributed by atoms with E-state index in [1.54, 1.807) is 0 Å². The van der Waals surface area contributed by atoms with E-state index in [2.05, 4.69) is 128 Å². The Morgan fingerprint density at radius 1 is 0.538 bits per heavy atom. The van der Waals surface area contributed by atoms with E-state index >= 15 is 0 Å². The molecule has 3 aromatic rings. The van der Waals surface area contributed by atoms with Crippen molar-refractivity contribution < 1.29 is 0 Å². The summed E-state index contributed by atoms with van der Waals surface area (Å²) in [6, 6.07) is 33.5. The predicted molar refractivity (Wildman–Crippen MR) is 122 cm³/mol. The zero-order valence-corrected chi connectivity index (χ0v) is 17.5. The number of allylic oxidation sites excluding steroid dienone is 2. The van der Waals surface area contributed by atoms with E-state index in [-0.39, 0.29) is 0 Å². The zero-order valence-electron chi connectivity index (χ0n) is 15.0. The first-order valence-electron chi connectivity index (χ1n) is 8.79. The highest BCUT2D eigenvalue weighted by atomic mass is 32.2. The van der Waals surface area contributed by atoms with Gasteiger partial charge < -0.3 is 0 Å². The van der Waals surface area contributed by atoms with E-state index in [0.717, 1.165) is 0 Å². The molecule has 4 rings (SSSR count). The van der Waals surface area contributed by atoms with Crippen LogP contribution in [-0.4, -0.2) is 4.32 Å². The Balaban J connectivity index is 2.01. The van der Waals surface area contributed by atoms with Gasteiger partial charge in [0.1, 0.15) is 23.2 Å². The molecule has 0 aliphatic carbocycles. The molecule has 3 aromatic carbocycles. The van der Waals surface area contributed by atoms with Crippen molar-refractivity contribution in [3.05, 3.63) is 101 Å². The average Bonchev–Trinajstić information content (AvgIpc) is 3.04. The number of rotatable bonds is 4. The smallest absolute Gasteiger partial charge is 0.0734 e. The van der Waals surface area contributed by atoms with Gasteiger partial charge in [0.05, 0.1) is 0 Å². The molecule has 0 atom stereocenters. The third-order valence-electron chi connectivity index (χ3n) is 4.86.